The molecule has 0 fully saturated rings. The van der Waals surface area contributed by atoms with E-state index in [0.717, 1.165) is 27.9 Å². The molecule has 2 heterocycles. The number of amides is 1. The fraction of sp³-hybridized carbons (Fsp3) is 0.375. The van der Waals surface area contributed by atoms with Crippen molar-refractivity contribution in [2.45, 2.75) is 27.2 Å². The molecule has 110 valence electrons. The molecule has 0 aliphatic carbocycles. The van der Waals surface area contributed by atoms with Crippen molar-refractivity contribution in [3.63, 3.8) is 0 Å². The van der Waals surface area contributed by atoms with Crippen LogP contribution in [-0.2, 0) is 0 Å². The van der Waals surface area contributed by atoms with Crippen molar-refractivity contribution in [1.82, 2.24) is 9.88 Å². The van der Waals surface area contributed by atoms with E-state index in [9.17, 15) is 4.79 Å². The van der Waals surface area contributed by atoms with Gasteiger partial charge in [0.25, 0.3) is 5.91 Å². The normalized spacial score (nSPS) is 10.6. The lowest BCUT2D eigenvalue weighted by molar-refractivity contribution is 0.0782. The van der Waals surface area contributed by atoms with E-state index in [4.69, 9.17) is 12.2 Å². The quantitative estimate of drug-likeness (QED) is 0.883. The van der Waals surface area contributed by atoms with Gasteiger partial charge in [-0.25, -0.2) is 0 Å². The lowest BCUT2D eigenvalue weighted by atomic mass is 10.2. The number of anilines is 1. The van der Waals surface area contributed by atoms with Gasteiger partial charge in [-0.15, -0.1) is 17.8 Å². The molecule has 0 unspecified atom stereocenters. The second-order valence-electron chi connectivity index (χ2n) is 5.00. The van der Waals surface area contributed by atoms with Crippen LogP contribution in [0.15, 0.2) is 6.07 Å². The zero-order valence-corrected chi connectivity index (χ0v) is 13.4. The highest BCUT2D eigenvalue weighted by Crippen LogP contribution is 2.36. The number of aryl methyl sites for hydroxylation is 2. The number of nitrogen functional groups attached to an aromatic ring is 1. The van der Waals surface area contributed by atoms with Crippen LogP contribution in [0.2, 0.25) is 0 Å². The van der Waals surface area contributed by atoms with Crippen LogP contribution >= 0.6 is 11.3 Å². The second kappa shape index (κ2) is 6.15. The van der Waals surface area contributed by atoms with E-state index < -0.39 is 0 Å². The third-order valence-electron chi connectivity index (χ3n) is 3.28. The molecule has 2 N–H and O–H groups in total. The van der Waals surface area contributed by atoms with E-state index in [2.05, 4.69) is 10.9 Å². The van der Waals surface area contributed by atoms with Gasteiger partial charge in [0.2, 0.25) is 0 Å². The number of rotatable bonds is 4. The number of fused-ring (bicyclic) bond motifs is 1. The molecule has 0 aliphatic heterocycles. The first kappa shape index (κ1) is 15.3. The smallest absolute Gasteiger partial charge is 0.266 e. The number of thiophene rings is 1. The zero-order valence-electron chi connectivity index (χ0n) is 12.6. The Morgan fingerprint density at radius 3 is 2.86 bits per heavy atom. The van der Waals surface area contributed by atoms with Crippen LogP contribution in [0.4, 0.5) is 5.69 Å². The summed E-state index contributed by atoms with van der Waals surface area (Å²) in [7, 11) is 0. The van der Waals surface area contributed by atoms with Crippen molar-refractivity contribution in [3.8, 4) is 12.3 Å². The standard InChI is InChI=1S/C16H19N3OS/c1-5-7-19(8-6-2)16(20)15-14(17)13-11(4)18-10(3)9-12(13)21-15/h1,9H,6-8,17H2,2-4H3. The van der Waals surface area contributed by atoms with Gasteiger partial charge in [-0.3, -0.25) is 9.78 Å². The number of nitrogens with two attached hydrogens (primary N) is 1. The average molecular weight is 301 g/mol. The van der Waals surface area contributed by atoms with Gasteiger partial charge in [0.15, 0.2) is 0 Å². The number of nitrogens with zero attached hydrogens (tertiary/aromatic N) is 2. The fourth-order valence-corrected chi connectivity index (χ4v) is 3.65. The molecule has 0 aromatic carbocycles. The number of hydrogen-bond acceptors (Lipinski definition) is 4. The predicted molar refractivity (Wildman–Crippen MR) is 88.5 cm³/mol. The largest absolute Gasteiger partial charge is 0.397 e. The number of pyridine rings is 1. The Morgan fingerprint density at radius 1 is 1.52 bits per heavy atom. The first-order valence-electron chi connectivity index (χ1n) is 6.88. The molecule has 0 radical (unpaired) electrons. The molecular formula is C16H19N3OS. The molecule has 2 rings (SSSR count). The first-order chi connectivity index (χ1) is 9.99. The summed E-state index contributed by atoms with van der Waals surface area (Å²) in [6, 6.07) is 1.96. The molecule has 4 nitrogen and oxygen atoms in total. The van der Waals surface area contributed by atoms with Gasteiger partial charge in [-0.2, -0.15) is 0 Å². The van der Waals surface area contributed by atoms with Gasteiger partial charge in [0.1, 0.15) is 4.88 Å². The SMILES string of the molecule is C#CCN(CCC)C(=O)c1sc2cc(C)nc(C)c2c1N. The van der Waals surface area contributed by atoms with Crippen LogP contribution in [-0.4, -0.2) is 28.9 Å². The molecule has 0 saturated heterocycles. The second-order valence-corrected chi connectivity index (χ2v) is 6.05. The Bertz CT molecular complexity index is 727. The first-order valence-corrected chi connectivity index (χ1v) is 7.70. The molecule has 0 aliphatic rings. The summed E-state index contributed by atoms with van der Waals surface area (Å²) in [6.07, 6.45) is 6.21. The van der Waals surface area contributed by atoms with Gasteiger partial charge in [-0.1, -0.05) is 12.8 Å². The zero-order chi connectivity index (χ0) is 15.6. The molecule has 1 amide bonds. The van der Waals surface area contributed by atoms with Crippen molar-refractivity contribution in [2.24, 2.45) is 0 Å². The Kier molecular flexibility index (Phi) is 4.49. The van der Waals surface area contributed by atoms with E-state index in [1.54, 1.807) is 4.90 Å². The van der Waals surface area contributed by atoms with Crippen LogP contribution in [0.3, 0.4) is 0 Å². The lowest BCUT2D eigenvalue weighted by Gasteiger charge is -2.18. The molecule has 0 spiro atoms. The van der Waals surface area contributed by atoms with E-state index in [0.29, 0.717) is 23.7 Å². The monoisotopic (exact) mass is 301 g/mol. The number of hydrogen-bond donors (Lipinski definition) is 1. The molecule has 0 saturated carbocycles. The van der Waals surface area contributed by atoms with Gasteiger partial charge < -0.3 is 10.6 Å². The summed E-state index contributed by atoms with van der Waals surface area (Å²) < 4.78 is 0.998. The van der Waals surface area contributed by atoms with Crippen LogP contribution in [0.5, 0.6) is 0 Å². The highest BCUT2D eigenvalue weighted by atomic mass is 32.1. The van der Waals surface area contributed by atoms with Gasteiger partial charge >= 0.3 is 0 Å². The summed E-state index contributed by atoms with van der Waals surface area (Å²) in [6.45, 7) is 6.80. The third-order valence-corrected chi connectivity index (χ3v) is 4.42. The number of carbonyl (C=O) groups is 1. The minimum Gasteiger partial charge on any atom is -0.397 e. The molecule has 21 heavy (non-hydrogen) atoms. The Morgan fingerprint density at radius 2 is 2.24 bits per heavy atom. The van der Waals surface area contributed by atoms with Crippen LogP contribution in [0, 0.1) is 26.2 Å². The molecule has 5 heteroatoms. The molecular weight excluding hydrogens is 282 g/mol. The Hall–Kier alpha value is -2.06. The van der Waals surface area contributed by atoms with Gasteiger partial charge in [0, 0.05) is 28.0 Å². The van der Waals surface area contributed by atoms with Crippen LogP contribution < -0.4 is 5.73 Å². The number of aromatic nitrogens is 1. The highest BCUT2D eigenvalue weighted by Gasteiger charge is 2.22. The highest BCUT2D eigenvalue weighted by molar-refractivity contribution is 7.21. The fourth-order valence-electron chi connectivity index (χ4n) is 2.41. The summed E-state index contributed by atoms with van der Waals surface area (Å²) in [5.74, 6) is 2.44. The van der Waals surface area contributed by atoms with Crippen molar-refractivity contribution >= 4 is 33.0 Å². The predicted octanol–water partition coefficient (Wildman–Crippen LogP) is 2.98. The van der Waals surface area contributed by atoms with Crippen molar-refractivity contribution in [2.75, 3.05) is 18.8 Å². The van der Waals surface area contributed by atoms with Crippen molar-refractivity contribution < 1.29 is 4.79 Å². The minimum absolute atomic E-state index is 0.0921. The van der Waals surface area contributed by atoms with E-state index in [1.165, 1.54) is 11.3 Å². The number of terminal acetylenes is 1. The lowest BCUT2D eigenvalue weighted by Crippen LogP contribution is -2.32. The summed E-state index contributed by atoms with van der Waals surface area (Å²) in [4.78, 5) is 19.3. The summed E-state index contributed by atoms with van der Waals surface area (Å²) in [5, 5.41) is 0.881. The van der Waals surface area contributed by atoms with E-state index in [-0.39, 0.29) is 5.91 Å². The maximum absolute atomic E-state index is 12.7. The maximum Gasteiger partial charge on any atom is 0.266 e. The Labute approximate surface area is 129 Å². The number of carbonyl (C=O) groups excluding carboxylic acids is 1. The average Bonchev–Trinajstić information content (AvgIpc) is 2.74. The van der Waals surface area contributed by atoms with E-state index >= 15 is 0 Å². The Balaban J connectivity index is 2.51. The van der Waals surface area contributed by atoms with Crippen LogP contribution in [0.25, 0.3) is 10.1 Å². The molecule has 2 aromatic rings. The van der Waals surface area contributed by atoms with Gasteiger partial charge in [0.05, 0.1) is 12.2 Å². The van der Waals surface area contributed by atoms with Gasteiger partial charge in [-0.05, 0) is 26.3 Å². The molecule has 2 aromatic heterocycles. The minimum atomic E-state index is -0.0921. The van der Waals surface area contributed by atoms with Crippen molar-refractivity contribution in [1.29, 1.82) is 0 Å². The maximum atomic E-state index is 12.7. The summed E-state index contributed by atoms with van der Waals surface area (Å²) >= 11 is 1.42. The van der Waals surface area contributed by atoms with Crippen molar-refractivity contribution in [3.05, 3.63) is 22.3 Å². The van der Waals surface area contributed by atoms with E-state index in [1.807, 2.05) is 26.8 Å². The topological polar surface area (TPSA) is 59.2 Å². The molecule has 0 bridgehead atoms. The molecule has 0 atom stereocenters. The summed E-state index contributed by atoms with van der Waals surface area (Å²) in [5.41, 5.74) is 8.49. The third kappa shape index (κ3) is 2.86. The van der Waals surface area contributed by atoms with Crippen LogP contribution in [0.1, 0.15) is 34.4 Å².